The van der Waals surface area contributed by atoms with Gasteiger partial charge in [-0.3, -0.25) is 4.79 Å². The molecule has 0 aliphatic rings. The van der Waals surface area contributed by atoms with Gasteiger partial charge in [0.05, 0.1) is 6.20 Å². The van der Waals surface area contributed by atoms with Crippen LogP contribution in [0.5, 0.6) is 0 Å². The van der Waals surface area contributed by atoms with Crippen molar-refractivity contribution >= 4 is 11.7 Å². The van der Waals surface area contributed by atoms with Crippen molar-refractivity contribution in [2.45, 2.75) is 6.92 Å². The van der Waals surface area contributed by atoms with Crippen LogP contribution in [0.1, 0.15) is 16.4 Å². The number of carbonyl (C=O) groups excluding carboxylic acids is 1. The van der Waals surface area contributed by atoms with Crippen molar-refractivity contribution in [3.8, 4) is 22.8 Å². The molecule has 3 aromatic heterocycles. The SMILES string of the molecule is Cc1nc(-c2ccc(F)cc2)c(C(=O)Nc2ccnc(-c3ccc(F)cn3)n2)o1. The molecule has 0 radical (unpaired) electrons. The maximum atomic E-state index is 13.2. The van der Waals surface area contributed by atoms with Gasteiger partial charge < -0.3 is 9.73 Å². The molecule has 0 saturated heterocycles. The van der Waals surface area contributed by atoms with Crippen LogP contribution in [0.15, 0.2) is 59.3 Å². The van der Waals surface area contributed by atoms with Crippen molar-refractivity contribution in [2.75, 3.05) is 5.32 Å². The van der Waals surface area contributed by atoms with Crippen LogP contribution >= 0.6 is 0 Å². The van der Waals surface area contributed by atoms with E-state index in [9.17, 15) is 13.6 Å². The van der Waals surface area contributed by atoms with Gasteiger partial charge in [-0.05, 0) is 42.5 Å². The molecule has 1 aromatic carbocycles. The van der Waals surface area contributed by atoms with Gasteiger partial charge in [0, 0.05) is 18.7 Å². The molecule has 1 N–H and O–H groups in total. The molecule has 4 aromatic rings. The van der Waals surface area contributed by atoms with Crippen molar-refractivity contribution in [3.05, 3.63) is 78.1 Å². The van der Waals surface area contributed by atoms with Crippen LogP contribution in [0.4, 0.5) is 14.6 Å². The third kappa shape index (κ3) is 3.98. The smallest absolute Gasteiger partial charge is 0.294 e. The second-order valence-electron chi connectivity index (χ2n) is 6.00. The molecule has 7 nitrogen and oxygen atoms in total. The lowest BCUT2D eigenvalue weighted by atomic mass is 10.1. The summed E-state index contributed by atoms with van der Waals surface area (Å²) in [6.45, 7) is 1.60. The minimum atomic E-state index is -0.582. The Labute approximate surface area is 163 Å². The number of pyridine rings is 1. The number of amides is 1. The first kappa shape index (κ1) is 18.4. The standard InChI is InChI=1S/C20H13F2N5O2/c1-11-25-17(12-2-4-13(21)5-3-12)18(29-11)20(28)27-16-8-9-23-19(26-16)15-7-6-14(22)10-24-15/h2-10H,1H3,(H,23,26,27,28). The number of halogens is 2. The molecule has 0 saturated carbocycles. The zero-order valence-electron chi connectivity index (χ0n) is 15.1. The summed E-state index contributed by atoms with van der Waals surface area (Å²) in [6, 6.07) is 9.72. The molecule has 0 atom stereocenters. The number of rotatable bonds is 4. The number of benzene rings is 1. The van der Waals surface area contributed by atoms with E-state index in [4.69, 9.17) is 4.42 Å². The van der Waals surface area contributed by atoms with E-state index in [1.54, 1.807) is 6.92 Å². The Hall–Kier alpha value is -4.01. The number of nitrogens with zero attached hydrogens (tertiary/aromatic N) is 4. The normalized spacial score (nSPS) is 10.7. The van der Waals surface area contributed by atoms with Crippen LogP contribution in [-0.2, 0) is 0 Å². The van der Waals surface area contributed by atoms with E-state index in [1.165, 1.54) is 48.7 Å². The van der Waals surface area contributed by atoms with Crippen molar-refractivity contribution in [2.24, 2.45) is 0 Å². The first-order valence-corrected chi connectivity index (χ1v) is 8.49. The maximum Gasteiger partial charge on any atom is 0.294 e. The second kappa shape index (κ2) is 7.55. The Morgan fingerprint density at radius 2 is 1.72 bits per heavy atom. The Morgan fingerprint density at radius 1 is 0.966 bits per heavy atom. The highest BCUT2D eigenvalue weighted by Crippen LogP contribution is 2.25. The Kier molecular flexibility index (Phi) is 4.78. The lowest BCUT2D eigenvalue weighted by Gasteiger charge is -2.05. The molecule has 9 heteroatoms. The first-order chi connectivity index (χ1) is 14.0. The summed E-state index contributed by atoms with van der Waals surface area (Å²) >= 11 is 0. The third-order valence-electron chi connectivity index (χ3n) is 3.91. The number of aromatic nitrogens is 4. The zero-order chi connectivity index (χ0) is 20.4. The monoisotopic (exact) mass is 393 g/mol. The fourth-order valence-electron chi connectivity index (χ4n) is 2.62. The molecule has 0 aliphatic heterocycles. The van der Waals surface area contributed by atoms with E-state index < -0.39 is 17.5 Å². The summed E-state index contributed by atoms with van der Waals surface area (Å²) in [7, 11) is 0. The highest BCUT2D eigenvalue weighted by molar-refractivity contribution is 6.05. The number of oxazole rings is 1. The predicted molar refractivity (Wildman–Crippen MR) is 99.8 cm³/mol. The summed E-state index contributed by atoms with van der Waals surface area (Å²) in [6.07, 6.45) is 2.49. The van der Waals surface area contributed by atoms with Gasteiger partial charge in [-0.25, -0.2) is 28.7 Å². The maximum absolute atomic E-state index is 13.2. The molecular weight excluding hydrogens is 380 g/mol. The van der Waals surface area contributed by atoms with Crippen molar-refractivity contribution in [1.82, 2.24) is 19.9 Å². The second-order valence-corrected chi connectivity index (χ2v) is 6.00. The van der Waals surface area contributed by atoms with Crippen LogP contribution in [0, 0.1) is 18.6 Å². The van der Waals surface area contributed by atoms with Crippen LogP contribution < -0.4 is 5.32 Å². The number of hydrogen-bond donors (Lipinski definition) is 1. The van der Waals surface area contributed by atoms with Crippen molar-refractivity contribution in [3.63, 3.8) is 0 Å². The minimum Gasteiger partial charge on any atom is -0.435 e. The molecule has 0 fully saturated rings. The Bertz CT molecular complexity index is 1170. The summed E-state index contributed by atoms with van der Waals surface area (Å²) < 4.78 is 31.7. The van der Waals surface area contributed by atoms with Gasteiger partial charge in [0.15, 0.2) is 11.7 Å². The lowest BCUT2D eigenvalue weighted by molar-refractivity contribution is 0.0996. The number of hydrogen-bond acceptors (Lipinski definition) is 6. The van der Waals surface area contributed by atoms with Gasteiger partial charge in [0.25, 0.3) is 5.91 Å². The third-order valence-corrected chi connectivity index (χ3v) is 3.91. The van der Waals surface area contributed by atoms with E-state index in [0.717, 1.165) is 6.20 Å². The molecule has 144 valence electrons. The van der Waals surface area contributed by atoms with E-state index in [-0.39, 0.29) is 29.0 Å². The van der Waals surface area contributed by atoms with Gasteiger partial charge in [0.2, 0.25) is 5.76 Å². The summed E-state index contributed by atoms with van der Waals surface area (Å²) in [5.41, 5.74) is 1.17. The molecule has 0 spiro atoms. The molecule has 4 rings (SSSR count). The largest absolute Gasteiger partial charge is 0.435 e. The summed E-state index contributed by atoms with van der Waals surface area (Å²) in [5, 5.41) is 2.61. The van der Waals surface area contributed by atoms with Gasteiger partial charge in [-0.1, -0.05) is 0 Å². The molecule has 3 heterocycles. The topological polar surface area (TPSA) is 93.8 Å². The van der Waals surface area contributed by atoms with Crippen LogP contribution in [0.3, 0.4) is 0 Å². The van der Waals surface area contributed by atoms with Crippen molar-refractivity contribution < 1.29 is 18.0 Å². The van der Waals surface area contributed by atoms with Crippen LogP contribution in [0.2, 0.25) is 0 Å². The first-order valence-electron chi connectivity index (χ1n) is 8.49. The molecule has 0 bridgehead atoms. The number of aryl methyl sites for hydroxylation is 1. The predicted octanol–water partition coefficient (Wildman–Crippen LogP) is 4.03. The molecule has 0 aliphatic carbocycles. The quantitative estimate of drug-likeness (QED) is 0.563. The molecule has 0 unspecified atom stereocenters. The Morgan fingerprint density at radius 3 is 2.45 bits per heavy atom. The lowest BCUT2D eigenvalue weighted by Crippen LogP contribution is -2.13. The molecular formula is C20H13F2N5O2. The number of nitrogens with one attached hydrogen (secondary N) is 1. The van der Waals surface area contributed by atoms with Gasteiger partial charge in [-0.15, -0.1) is 0 Å². The highest BCUT2D eigenvalue weighted by Gasteiger charge is 2.21. The van der Waals surface area contributed by atoms with Gasteiger partial charge in [0.1, 0.15) is 28.8 Å². The molecule has 1 amide bonds. The average molecular weight is 393 g/mol. The van der Waals surface area contributed by atoms with Crippen LogP contribution in [0.25, 0.3) is 22.8 Å². The van der Waals surface area contributed by atoms with E-state index in [2.05, 4.69) is 25.3 Å². The number of anilines is 1. The van der Waals surface area contributed by atoms with Gasteiger partial charge in [-0.2, -0.15) is 0 Å². The minimum absolute atomic E-state index is 0.0332. The summed E-state index contributed by atoms with van der Waals surface area (Å²) in [5.74, 6) is -0.792. The number of carbonyl (C=O) groups is 1. The average Bonchev–Trinajstić information content (AvgIpc) is 3.11. The fraction of sp³-hybridized carbons (Fsp3) is 0.0500. The zero-order valence-corrected chi connectivity index (χ0v) is 15.1. The highest BCUT2D eigenvalue weighted by atomic mass is 19.1. The van der Waals surface area contributed by atoms with Gasteiger partial charge >= 0.3 is 0 Å². The van der Waals surface area contributed by atoms with Crippen molar-refractivity contribution in [1.29, 1.82) is 0 Å². The summed E-state index contributed by atoms with van der Waals surface area (Å²) in [4.78, 5) is 29.2. The fourth-order valence-corrected chi connectivity index (χ4v) is 2.62. The van der Waals surface area contributed by atoms with Crippen LogP contribution in [-0.4, -0.2) is 25.8 Å². The Balaban J connectivity index is 1.61. The van der Waals surface area contributed by atoms with E-state index in [1.807, 2.05) is 0 Å². The van der Waals surface area contributed by atoms with E-state index >= 15 is 0 Å². The molecule has 29 heavy (non-hydrogen) atoms. The van der Waals surface area contributed by atoms with E-state index in [0.29, 0.717) is 11.3 Å².